The second-order valence-corrected chi connectivity index (χ2v) is 13.8. The van der Waals surface area contributed by atoms with Crippen LogP contribution >= 0.6 is 0 Å². The zero-order chi connectivity index (χ0) is 31.8. The molecule has 2 aliphatic carbocycles. The van der Waals surface area contributed by atoms with E-state index in [2.05, 4.69) is 150 Å². The molecule has 49 heavy (non-hydrogen) atoms. The Morgan fingerprint density at radius 3 is 2.10 bits per heavy atom. The van der Waals surface area contributed by atoms with Crippen LogP contribution in [0.15, 0.2) is 146 Å². The van der Waals surface area contributed by atoms with Crippen LogP contribution in [0.3, 0.4) is 0 Å². The molecule has 0 radical (unpaired) electrons. The number of rotatable bonds is 1. The standard InChI is InChI=1S/C47H28N2/c1-3-11-33-27(9-1)19-22-38-36-21-20-29(26-42(36)49-41-16-8-7-15-40(41)48-47(49)46(33)38)39-25-32-24-31-18-17-30-23-28-10-2-4-12-34(28)43(30)45(31)44(32)37-14-6-5-13-35(37)39/h1-22,25-26H,23-24H2. The van der Waals surface area contributed by atoms with E-state index in [4.69, 9.17) is 4.98 Å². The molecule has 0 atom stereocenters. The van der Waals surface area contributed by atoms with Crippen molar-refractivity contribution < 1.29 is 0 Å². The summed E-state index contributed by atoms with van der Waals surface area (Å²) in [6.45, 7) is 0. The van der Waals surface area contributed by atoms with Crippen LogP contribution in [0.25, 0.3) is 93.3 Å². The zero-order valence-electron chi connectivity index (χ0n) is 26.7. The summed E-state index contributed by atoms with van der Waals surface area (Å²) in [6, 6.07) is 54.2. The van der Waals surface area contributed by atoms with Crippen LogP contribution < -0.4 is 0 Å². The molecule has 226 valence electrons. The molecule has 8 aromatic carbocycles. The molecule has 12 rings (SSSR count). The highest BCUT2D eigenvalue weighted by atomic mass is 15.0. The fourth-order valence-electron chi connectivity index (χ4n) is 9.30. The normalized spacial score (nSPS) is 13.1. The van der Waals surface area contributed by atoms with Crippen molar-refractivity contribution in [2.45, 2.75) is 12.8 Å². The van der Waals surface area contributed by atoms with E-state index in [1.165, 1.54) is 98.9 Å². The van der Waals surface area contributed by atoms with Gasteiger partial charge in [0.05, 0.1) is 16.6 Å². The van der Waals surface area contributed by atoms with Gasteiger partial charge in [0.25, 0.3) is 0 Å². The Kier molecular flexibility index (Phi) is 4.85. The summed E-state index contributed by atoms with van der Waals surface area (Å²) in [5, 5.41) is 8.82. The third-order valence-electron chi connectivity index (χ3n) is 11.4. The van der Waals surface area contributed by atoms with Gasteiger partial charge in [-0.25, -0.2) is 4.98 Å². The van der Waals surface area contributed by atoms with E-state index in [0.717, 1.165) is 29.5 Å². The Bertz CT molecular complexity index is 3110. The summed E-state index contributed by atoms with van der Waals surface area (Å²) in [5.41, 5.74) is 18.4. The first-order valence-electron chi connectivity index (χ1n) is 17.2. The van der Waals surface area contributed by atoms with Crippen molar-refractivity contribution in [3.63, 3.8) is 0 Å². The van der Waals surface area contributed by atoms with Gasteiger partial charge in [-0.05, 0) is 120 Å². The number of fused-ring (bicyclic) bond motifs is 19. The monoisotopic (exact) mass is 620 g/mol. The van der Waals surface area contributed by atoms with Gasteiger partial charge in [-0.1, -0.05) is 121 Å². The highest BCUT2D eigenvalue weighted by Crippen LogP contribution is 2.52. The highest BCUT2D eigenvalue weighted by Gasteiger charge is 2.30. The Morgan fingerprint density at radius 1 is 0.429 bits per heavy atom. The molecule has 0 N–H and O–H groups in total. The molecule has 0 bridgehead atoms. The van der Waals surface area contributed by atoms with Crippen molar-refractivity contribution >= 4 is 59.9 Å². The molecule has 0 saturated heterocycles. The van der Waals surface area contributed by atoms with Crippen molar-refractivity contribution in [2.75, 3.05) is 0 Å². The Balaban J connectivity index is 1.16. The fourth-order valence-corrected chi connectivity index (χ4v) is 9.30. The van der Waals surface area contributed by atoms with E-state index in [1.54, 1.807) is 0 Å². The summed E-state index contributed by atoms with van der Waals surface area (Å²) in [7, 11) is 0. The van der Waals surface area contributed by atoms with E-state index in [0.29, 0.717) is 0 Å². The lowest BCUT2D eigenvalue weighted by Crippen LogP contribution is -1.94. The summed E-state index contributed by atoms with van der Waals surface area (Å²) in [6.07, 6.45) is 1.97. The van der Waals surface area contributed by atoms with E-state index in [1.807, 2.05) is 0 Å². The molecule has 0 unspecified atom stereocenters. The predicted molar refractivity (Wildman–Crippen MR) is 205 cm³/mol. The summed E-state index contributed by atoms with van der Waals surface area (Å²) in [5.74, 6) is 0. The SMILES string of the molecule is c1ccc2c(c1)Cc1ccc3c(c1-2)-c1c(cc(-c2ccc4c5ccc6ccccc6c5c5nc6ccccc6n5c4c2)c2ccccc12)C3. The summed E-state index contributed by atoms with van der Waals surface area (Å²) < 4.78 is 2.40. The van der Waals surface area contributed by atoms with Gasteiger partial charge >= 0.3 is 0 Å². The second-order valence-electron chi connectivity index (χ2n) is 13.8. The number of pyridine rings is 1. The largest absolute Gasteiger partial charge is 0.292 e. The summed E-state index contributed by atoms with van der Waals surface area (Å²) >= 11 is 0. The van der Waals surface area contributed by atoms with E-state index in [9.17, 15) is 0 Å². The predicted octanol–water partition coefficient (Wildman–Crippen LogP) is 11.9. The number of aromatic nitrogens is 2. The smallest absolute Gasteiger partial charge is 0.147 e. The molecule has 0 saturated carbocycles. The average molecular weight is 621 g/mol. The Hall–Kier alpha value is -6.25. The number of hydrogen-bond donors (Lipinski definition) is 0. The van der Waals surface area contributed by atoms with Crippen molar-refractivity contribution in [2.24, 2.45) is 0 Å². The third kappa shape index (κ3) is 3.33. The minimum Gasteiger partial charge on any atom is -0.292 e. The maximum Gasteiger partial charge on any atom is 0.147 e. The van der Waals surface area contributed by atoms with Gasteiger partial charge in [0.2, 0.25) is 0 Å². The van der Waals surface area contributed by atoms with E-state index >= 15 is 0 Å². The first-order chi connectivity index (χ1) is 24.3. The number of benzene rings is 8. The third-order valence-corrected chi connectivity index (χ3v) is 11.4. The molecule has 2 heteroatoms. The van der Waals surface area contributed by atoms with Gasteiger partial charge in [0.1, 0.15) is 5.65 Å². The molecule has 2 nitrogen and oxygen atoms in total. The van der Waals surface area contributed by atoms with Crippen LogP contribution in [0.4, 0.5) is 0 Å². The van der Waals surface area contributed by atoms with Gasteiger partial charge < -0.3 is 0 Å². The molecule has 2 heterocycles. The second kappa shape index (κ2) is 9.21. The average Bonchev–Trinajstić information content (AvgIpc) is 3.85. The van der Waals surface area contributed by atoms with Gasteiger partial charge in [0.15, 0.2) is 0 Å². The van der Waals surface area contributed by atoms with Crippen molar-refractivity contribution in [1.82, 2.24) is 9.38 Å². The highest BCUT2D eigenvalue weighted by molar-refractivity contribution is 6.23. The number of nitrogens with zero attached hydrogens (tertiary/aromatic N) is 2. The molecule has 2 aliphatic rings. The summed E-state index contributed by atoms with van der Waals surface area (Å²) in [4.78, 5) is 5.27. The topological polar surface area (TPSA) is 17.3 Å². The molecule has 0 amide bonds. The Morgan fingerprint density at radius 2 is 1.16 bits per heavy atom. The molecule has 2 aromatic heterocycles. The molecular formula is C47H28N2. The van der Waals surface area contributed by atoms with Gasteiger partial charge in [0, 0.05) is 10.8 Å². The number of para-hydroxylation sites is 2. The minimum atomic E-state index is 0.958. The molecule has 0 fully saturated rings. The fraction of sp³-hybridized carbons (Fsp3) is 0.0426. The van der Waals surface area contributed by atoms with Gasteiger partial charge in [-0.2, -0.15) is 0 Å². The lowest BCUT2D eigenvalue weighted by molar-refractivity contribution is 1.23. The maximum absolute atomic E-state index is 5.27. The van der Waals surface area contributed by atoms with Crippen molar-refractivity contribution in [3.05, 3.63) is 168 Å². The maximum atomic E-state index is 5.27. The van der Waals surface area contributed by atoms with E-state index < -0.39 is 0 Å². The van der Waals surface area contributed by atoms with Crippen molar-refractivity contribution in [1.29, 1.82) is 0 Å². The number of hydrogen-bond acceptors (Lipinski definition) is 1. The molecule has 0 aliphatic heterocycles. The van der Waals surface area contributed by atoms with E-state index in [-0.39, 0.29) is 0 Å². The van der Waals surface area contributed by atoms with Crippen molar-refractivity contribution in [3.8, 4) is 33.4 Å². The van der Waals surface area contributed by atoms with Crippen LogP contribution in [0.1, 0.15) is 22.3 Å². The molecule has 10 aromatic rings. The van der Waals surface area contributed by atoms with Gasteiger partial charge in [-0.3, -0.25) is 4.40 Å². The van der Waals surface area contributed by atoms with Crippen LogP contribution in [-0.2, 0) is 12.8 Å². The lowest BCUT2D eigenvalue weighted by atomic mass is 9.88. The lowest BCUT2D eigenvalue weighted by Gasteiger charge is -2.16. The van der Waals surface area contributed by atoms with Crippen LogP contribution in [0.2, 0.25) is 0 Å². The van der Waals surface area contributed by atoms with Crippen LogP contribution in [0.5, 0.6) is 0 Å². The first kappa shape index (κ1) is 25.8. The Labute approximate surface area is 282 Å². The zero-order valence-corrected chi connectivity index (χ0v) is 26.7. The quantitative estimate of drug-likeness (QED) is 0.167. The first-order valence-corrected chi connectivity index (χ1v) is 17.2. The van der Waals surface area contributed by atoms with Crippen LogP contribution in [0, 0.1) is 0 Å². The molecule has 0 spiro atoms. The number of imidazole rings is 1. The van der Waals surface area contributed by atoms with Gasteiger partial charge in [-0.15, -0.1) is 0 Å². The van der Waals surface area contributed by atoms with Crippen LogP contribution in [-0.4, -0.2) is 9.38 Å². The minimum absolute atomic E-state index is 0.958. The molecular weight excluding hydrogens is 593 g/mol.